The van der Waals surface area contributed by atoms with Crippen molar-refractivity contribution in [2.75, 3.05) is 13.5 Å². The quantitative estimate of drug-likeness (QED) is 0.625. The first-order chi connectivity index (χ1) is 7.21. The van der Waals surface area contributed by atoms with Crippen LogP contribution in [-0.4, -0.2) is 23.7 Å². The molecule has 3 heteroatoms. The van der Waals surface area contributed by atoms with Crippen molar-refractivity contribution in [3.8, 4) is 5.75 Å². The Hall–Kier alpha value is -1.06. The van der Waals surface area contributed by atoms with Crippen molar-refractivity contribution in [1.29, 1.82) is 0 Å². The molecule has 1 rings (SSSR count). The van der Waals surface area contributed by atoms with E-state index in [1.54, 1.807) is 0 Å². The van der Waals surface area contributed by atoms with Gasteiger partial charge in [0.1, 0.15) is 5.75 Å². The number of hydrogen-bond donors (Lipinski definition) is 3. The van der Waals surface area contributed by atoms with Gasteiger partial charge >= 0.3 is 0 Å². The molecule has 0 heterocycles. The lowest BCUT2D eigenvalue weighted by atomic mass is 10.1. The van der Waals surface area contributed by atoms with Gasteiger partial charge in [0, 0.05) is 10.7 Å². The molecule has 0 spiro atoms. The summed E-state index contributed by atoms with van der Waals surface area (Å²) in [5.74, 6) is -0.0861. The van der Waals surface area contributed by atoms with Crippen molar-refractivity contribution in [3.63, 3.8) is 0 Å². The maximum absolute atomic E-state index is 9.72. The minimum Gasteiger partial charge on any atom is -0.508 e. The van der Waals surface area contributed by atoms with Crippen molar-refractivity contribution < 1.29 is 15.7 Å². The molecule has 1 aromatic rings. The van der Waals surface area contributed by atoms with Gasteiger partial charge in [0.15, 0.2) is 0 Å². The number of phenolic OH excluding ortho intramolecular Hbond substituents is 1. The zero-order valence-electron chi connectivity index (χ0n) is 10.4. The Morgan fingerprint density at radius 2 is 2.58 bits per heavy atom. The molecule has 0 bridgehead atoms. The van der Waals surface area contributed by atoms with E-state index < -0.39 is 19.6 Å². The molecule has 1 aromatic carbocycles. The molecule has 12 heavy (non-hydrogen) atoms. The zero-order valence-corrected chi connectivity index (χ0v) is 6.41. The van der Waals surface area contributed by atoms with Gasteiger partial charge in [0.25, 0.3) is 0 Å². The maximum atomic E-state index is 9.72. The Morgan fingerprint density at radius 3 is 3.25 bits per heavy atom. The summed E-state index contributed by atoms with van der Waals surface area (Å²) in [6.07, 6.45) is -2.09. The van der Waals surface area contributed by atoms with Crippen molar-refractivity contribution in [2.45, 2.75) is 6.08 Å². The monoisotopic (exact) mass is 171 g/mol. The topological polar surface area (TPSA) is 52.5 Å². The van der Waals surface area contributed by atoms with Crippen LogP contribution >= 0.6 is 0 Å². The van der Waals surface area contributed by atoms with Gasteiger partial charge in [-0.25, -0.2) is 0 Å². The summed E-state index contributed by atoms with van der Waals surface area (Å²) >= 11 is 0. The number of rotatable bonds is 3. The lowest BCUT2D eigenvalue weighted by Crippen LogP contribution is -2.16. The molecule has 0 saturated carbocycles. The Labute approximate surface area is 77.3 Å². The normalized spacial score (nSPS) is 21.4. The predicted molar refractivity (Wildman–Crippen MR) is 47.0 cm³/mol. The van der Waals surface area contributed by atoms with Crippen LogP contribution in [0, 0.1) is 0 Å². The molecule has 3 N–H and O–H groups in total. The first-order valence-electron chi connectivity index (χ1n) is 5.48. The van der Waals surface area contributed by atoms with E-state index in [9.17, 15) is 10.2 Å². The van der Waals surface area contributed by atoms with Crippen molar-refractivity contribution in [1.82, 2.24) is 5.32 Å². The van der Waals surface area contributed by atoms with Crippen molar-refractivity contribution >= 4 is 0 Å². The number of benzene rings is 1. The third-order valence-corrected chi connectivity index (χ3v) is 1.44. The average Bonchev–Trinajstić information content (AvgIpc) is 2.14. The summed E-state index contributed by atoms with van der Waals surface area (Å²) in [6.45, 7) is -2.86. The second-order valence-electron chi connectivity index (χ2n) is 2.35. The maximum Gasteiger partial charge on any atom is 0.115 e. The smallest absolute Gasteiger partial charge is 0.115 e. The van der Waals surface area contributed by atoms with Gasteiger partial charge in [-0.1, -0.05) is 12.1 Å². The molecule has 3 nitrogen and oxygen atoms in total. The van der Waals surface area contributed by atoms with Crippen LogP contribution in [0.15, 0.2) is 24.3 Å². The predicted octanol–water partition coefficient (Wildman–Crippen LogP) is 0.645. The van der Waals surface area contributed by atoms with Gasteiger partial charge in [-0.15, -0.1) is 0 Å². The first kappa shape index (κ1) is 4.84. The molecule has 0 radical (unpaired) electrons. The molecular formula is C9H13NO2. The van der Waals surface area contributed by atoms with E-state index in [0.29, 0.717) is 0 Å². The fraction of sp³-hybridized carbons (Fsp3) is 0.333. The van der Waals surface area contributed by atoms with Crippen LogP contribution in [0.5, 0.6) is 5.75 Å². The lowest BCUT2D eigenvalue weighted by Gasteiger charge is -2.09. The molecule has 0 fully saturated rings. The van der Waals surface area contributed by atoms with Crippen LogP contribution in [0.3, 0.4) is 0 Å². The first-order valence-corrected chi connectivity index (χ1v) is 3.48. The van der Waals surface area contributed by atoms with E-state index >= 15 is 0 Å². The minimum absolute atomic E-state index is 0.0861. The summed E-state index contributed by atoms with van der Waals surface area (Å²) in [7, 11) is 0. The molecular weight excluding hydrogens is 154 g/mol. The Kier molecular flexibility index (Phi) is 1.65. The highest BCUT2D eigenvalue weighted by molar-refractivity contribution is 5.28. The molecule has 66 valence electrons. The fourth-order valence-electron chi connectivity index (χ4n) is 0.871. The van der Waals surface area contributed by atoms with Crippen LogP contribution in [0.1, 0.15) is 17.1 Å². The minimum atomic E-state index is -2.41. The largest absolute Gasteiger partial charge is 0.508 e. The van der Waals surface area contributed by atoms with E-state index in [0.717, 1.165) is 0 Å². The van der Waals surface area contributed by atoms with Crippen molar-refractivity contribution in [2.24, 2.45) is 0 Å². The highest BCUT2D eigenvalue weighted by Crippen LogP contribution is 2.17. The summed E-state index contributed by atoms with van der Waals surface area (Å²) < 4.78 is 28.3. The number of nitrogens with one attached hydrogen (secondary N) is 1. The second kappa shape index (κ2) is 4.09. The number of hydrogen-bond acceptors (Lipinski definition) is 3. The molecule has 0 unspecified atom stereocenters. The van der Waals surface area contributed by atoms with Gasteiger partial charge in [0.05, 0.1) is 7.45 Å². The van der Waals surface area contributed by atoms with Crippen LogP contribution in [0.2, 0.25) is 0 Å². The number of aromatic hydroxyl groups is 1. The molecule has 0 amide bonds. The van der Waals surface area contributed by atoms with E-state index in [4.69, 9.17) is 5.48 Å². The SMILES string of the molecule is [2H]C([2H])([2H])NC[C@]([2H])(O)c1cccc(O)c1. The molecule has 1 atom stereocenters. The van der Waals surface area contributed by atoms with Crippen LogP contribution in [0.4, 0.5) is 0 Å². The molecule has 0 saturated heterocycles. The van der Waals surface area contributed by atoms with E-state index in [-0.39, 0.29) is 11.3 Å². The van der Waals surface area contributed by atoms with Crippen LogP contribution in [0.25, 0.3) is 0 Å². The average molecular weight is 171 g/mol. The number of aliphatic hydroxyl groups is 1. The highest BCUT2D eigenvalue weighted by Gasteiger charge is 2.05. The van der Waals surface area contributed by atoms with Gasteiger partial charge in [-0.2, -0.15) is 0 Å². The van der Waals surface area contributed by atoms with E-state index in [1.807, 2.05) is 0 Å². The Bertz CT molecular complexity index is 365. The molecule has 0 aliphatic rings. The summed E-state index contributed by atoms with van der Waals surface area (Å²) in [6, 6.07) is 5.53. The third-order valence-electron chi connectivity index (χ3n) is 1.44. The van der Waals surface area contributed by atoms with E-state index in [2.05, 4.69) is 5.32 Å². The fourth-order valence-corrected chi connectivity index (χ4v) is 0.871. The number of likely N-dealkylation sites (N-methyl/N-ethyl adjacent to an activating group) is 1. The van der Waals surface area contributed by atoms with Gasteiger partial charge in [-0.3, -0.25) is 0 Å². The standard InChI is InChI=1S/C9H13NO2/c1-10-6-9(12)7-3-2-4-8(11)5-7/h2-5,9-12H,6H2,1H3/t9-/m0/s1/i1D3,9D. The third kappa shape index (κ3) is 2.22. The van der Waals surface area contributed by atoms with Gasteiger partial charge in [-0.05, 0) is 24.7 Å². The Balaban J connectivity index is 2.77. The summed E-state index contributed by atoms with van der Waals surface area (Å²) in [5.41, 5.74) is 0.129. The van der Waals surface area contributed by atoms with Crippen LogP contribution < -0.4 is 5.32 Å². The van der Waals surface area contributed by atoms with Gasteiger partial charge < -0.3 is 15.5 Å². The van der Waals surface area contributed by atoms with Crippen LogP contribution in [-0.2, 0) is 0 Å². The summed E-state index contributed by atoms with van der Waals surface area (Å²) in [5, 5.41) is 21.0. The lowest BCUT2D eigenvalue weighted by molar-refractivity contribution is 0.177. The molecule has 0 aromatic heterocycles. The van der Waals surface area contributed by atoms with Crippen molar-refractivity contribution in [3.05, 3.63) is 29.8 Å². The van der Waals surface area contributed by atoms with E-state index in [1.165, 1.54) is 24.3 Å². The second-order valence-corrected chi connectivity index (χ2v) is 2.35. The summed E-state index contributed by atoms with van der Waals surface area (Å²) in [4.78, 5) is 0. The van der Waals surface area contributed by atoms with Gasteiger partial charge in [0.2, 0.25) is 0 Å². The molecule has 0 aliphatic heterocycles. The molecule has 0 aliphatic carbocycles. The highest BCUT2D eigenvalue weighted by atomic mass is 16.3. The zero-order chi connectivity index (χ0) is 12.4. The number of phenols is 1. The Morgan fingerprint density at radius 1 is 1.75 bits per heavy atom.